The maximum absolute atomic E-state index is 12.0. The van der Waals surface area contributed by atoms with Gasteiger partial charge in [0.25, 0.3) is 5.91 Å². The molecule has 0 aromatic carbocycles. The van der Waals surface area contributed by atoms with Crippen LogP contribution in [-0.2, 0) is 7.05 Å². The van der Waals surface area contributed by atoms with Crippen LogP contribution >= 0.6 is 0 Å². The van der Waals surface area contributed by atoms with Crippen LogP contribution in [0.2, 0.25) is 0 Å². The van der Waals surface area contributed by atoms with E-state index in [9.17, 15) is 4.79 Å². The summed E-state index contributed by atoms with van der Waals surface area (Å²) in [5, 5.41) is 14.6. The molecule has 0 saturated carbocycles. The van der Waals surface area contributed by atoms with E-state index in [4.69, 9.17) is 0 Å². The number of piperidine rings is 1. The molecule has 1 aliphatic rings. The highest BCUT2D eigenvalue weighted by atomic mass is 16.2. The molecule has 1 aliphatic heterocycles. The molecule has 20 heavy (non-hydrogen) atoms. The first-order valence-electron chi connectivity index (χ1n) is 6.78. The third kappa shape index (κ3) is 2.72. The second-order valence-corrected chi connectivity index (χ2v) is 5.02. The van der Waals surface area contributed by atoms with Crippen LogP contribution in [0.5, 0.6) is 0 Å². The lowest BCUT2D eigenvalue weighted by atomic mass is 10.1. The number of hydrogen-bond acceptors (Lipinski definition) is 4. The average molecular weight is 274 g/mol. The molecule has 7 heteroatoms. The normalized spacial score (nSPS) is 16.2. The fourth-order valence-electron chi connectivity index (χ4n) is 2.40. The Morgan fingerprint density at radius 3 is 2.95 bits per heavy atom. The third-order valence-corrected chi connectivity index (χ3v) is 3.49. The van der Waals surface area contributed by atoms with Crippen LogP contribution in [0.1, 0.15) is 29.4 Å². The summed E-state index contributed by atoms with van der Waals surface area (Å²) < 4.78 is 3.54. The summed E-state index contributed by atoms with van der Waals surface area (Å²) in [6, 6.07) is 2.10. The summed E-state index contributed by atoms with van der Waals surface area (Å²) in [4.78, 5) is 12.0. The van der Waals surface area contributed by atoms with Crippen molar-refractivity contribution in [3.05, 3.63) is 30.4 Å². The van der Waals surface area contributed by atoms with E-state index in [0.717, 1.165) is 25.9 Å². The van der Waals surface area contributed by atoms with Crippen molar-refractivity contribution in [1.29, 1.82) is 0 Å². The predicted octanol–water partition coefficient (Wildman–Crippen LogP) is 0.793. The number of rotatable bonds is 3. The Balaban J connectivity index is 1.66. The van der Waals surface area contributed by atoms with Gasteiger partial charge < -0.3 is 10.6 Å². The maximum Gasteiger partial charge on any atom is 0.276 e. The Bertz CT molecular complexity index is 596. The zero-order valence-electron chi connectivity index (χ0n) is 11.4. The minimum Gasteiger partial charge on any atom is -0.318 e. The number of hydrogen-bond donors (Lipinski definition) is 2. The van der Waals surface area contributed by atoms with Crippen molar-refractivity contribution in [3.8, 4) is 0 Å². The van der Waals surface area contributed by atoms with E-state index in [1.807, 2.05) is 10.9 Å². The molecule has 1 fully saturated rings. The number of nitrogens with one attached hydrogen (secondary N) is 2. The smallest absolute Gasteiger partial charge is 0.276 e. The van der Waals surface area contributed by atoms with Crippen molar-refractivity contribution >= 4 is 11.6 Å². The average Bonchev–Trinajstić information content (AvgIpc) is 3.09. The minimum absolute atomic E-state index is 0.213. The summed E-state index contributed by atoms with van der Waals surface area (Å²) in [5.41, 5.74) is 1.11. The number of aromatic nitrogens is 4. The van der Waals surface area contributed by atoms with Crippen LogP contribution in [-0.4, -0.2) is 38.6 Å². The third-order valence-electron chi connectivity index (χ3n) is 3.49. The number of anilines is 1. The molecule has 0 aliphatic carbocycles. The van der Waals surface area contributed by atoms with Crippen molar-refractivity contribution in [2.45, 2.75) is 18.9 Å². The molecule has 1 saturated heterocycles. The van der Waals surface area contributed by atoms with Crippen LogP contribution < -0.4 is 10.6 Å². The second kappa shape index (κ2) is 5.46. The van der Waals surface area contributed by atoms with Gasteiger partial charge in [0.1, 0.15) is 0 Å². The van der Waals surface area contributed by atoms with E-state index in [1.165, 1.54) is 0 Å². The maximum atomic E-state index is 12.0. The van der Waals surface area contributed by atoms with E-state index >= 15 is 0 Å². The molecule has 1 amide bonds. The molecule has 2 N–H and O–H groups in total. The number of carbonyl (C=O) groups excluding carboxylic acids is 1. The highest BCUT2D eigenvalue weighted by Gasteiger charge is 2.16. The lowest BCUT2D eigenvalue weighted by molar-refractivity contribution is 0.102. The lowest BCUT2D eigenvalue weighted by Gasteiger charge is -2.22. The van der Waals surface area contributed by atoms with Gasteiger partial charge in [0.15, 0.2) is 5.69 Å². The van der Waals surface area contributed by atoms with Gasteiger partial charge in [-0.1, -0.05) is 0 Å². The summed E-state index contributed by atoms with van der Waals surface area (Å²) in [7, 11) is 1.78. The molecule has 0 spiro atoms. The van der Waals surface area contributed by atoms with E-state index in [0.29, 0.717) is 17.4 Å². The van der Waals surface area contributed by atoms with Crippen LogP contribution in [0.3, 0.4) is 0 Å². The summed E-state index contributed by atoms with van der Waals surface area (Å²) >= 11 is 0. The molecule has 0 radical (unpaired) electrons. The standard InChI is InChI=1S/C13H18N6O/c1-18-7-4-12(17-18)13(20)16-10-8-15-19(9-10)11-2-5-14-6-3-11/h4,7-9,11,14H,2-3,5-6H2,1H3,(H,16,20). The van der Waals surface area contributed by atoms with Crippen molar-refractivity contribution in [2.75, 3.05) is 18.4 Å². The highest BCUT2D eigenvalue weighted by Crippen LogP contribution is 2.19. The van der Waals surface area contributed by atoms with Crippen molar-refractivity contribution in [3.63, 3.8) is 0 Å². The van der Waals surface area contributed by atoms with Crippen LogP contribution in [0.25, 0.3) is 0 Å². The topological polar surface area (TPSA) is 76.8 Å². The number of nitrogens with zero attached hydrogens (tertiary/aromatic N) is 4. The van der Waals surface area contributed by atoms with Crippen LogP contribution in [0.15, 0.2) is 24.7 Å². The second-order valence-electron chi connectivity index (χ2n) is 5.02. The summed E-state index contributed by atoms with van der Waals surface area (Å²) in [5.74, 6) is -0.213. The van der Waals surface area contributed by atoms with E-state index in [-0.39, 0.29) is 5.91 Å². The van der Waals surface area contributed by atoms with Gasteiger partial charge in [0.05, 0.1) is 17.9 Å². The SMILES string of the molecule is Cn1ccc(C(=O)Nc2cnn(C3CCNCC3)c2)n1. The van der Waals surface area contributed by atoms with Gasteiger partial charge in [-0.2, -0.15) is 10.2 Å². The van der Waals surface area contributed by atoms with Crippen molar-refractivity contribution in [2.24, 2.45) is 7.05 Å². The quantitative estimate of drug-likeness (QED) is 0.867. The molecule has 3 rings (SSSR count). The molecular weight excluding hydrogens is 256 g/mol. The van der Waals surface area contributed by atoms with Crippen LogP contribution in [0, 0.1) is 0 Å². The number of amides is 1. The van der Waals surface area contributed by atoms with Gasteiger partial charge in [0.2, 0.25) is 0 Å². The van der Waals surface area contributed by atoms with Gasteiger partial charge in [-0.25, -0.2) is 0 Å². The Labute approximate surface area is 117 Å². The van der Waals surface area contributed by atoms with Crippen LogP contribution in [0.4, 0.5) is 5.69 Å². The zero-order chi connectivity index (χ0) is 13.9. The monoisotopic (exact) mass is 274 g/mol. The van der Waals surface area contributed by atoms with Gasteiger partial charge in [-0.3, -0.25) is 14.2 Å². The molecular formula is C13H18N6O. The Morgan fingerprint density at radius 2 is 2.25 bits per heavy atom. The fourth-order valence-corrected chi connectivity index (χ4v) is 2.40. The lowest BCUT2D eigenvalue weighted by Crippen LogP contribution is -2.29. The molecule has 0 atom stereocenters. The van der Waals surface area contributed by atoms with Gasteiger partial charge in [0, 0.05) is 19.4 Å². The predicted molar refractivity (Wildman–Crippen MR) is 74.5 cm³/mol. The Morgan fingerprint density at radius 1 is 1.45 bits per heavy atom. The van der Waals surface area contributed by atoms with Gasteiger partial charge in [-0.15, -0.1) is 0 Å². The van der Waals surface area contributed by atoms with E-state index < -0.39 is 0 Å². The summed E-state index contributed by atoms with van der Waals surface area (Å²) in [6.45, 7) is 2.03. The molecule has 3 heterocycles. The molecule has 0 bridgehead atoms. The Hall–Kier alpha value is -2.15. The highest BCUT2D eigenvalue weighted by molar-refractivity contribution is 6.02. The van der Waals surface area contributed by atoms with Crippen molar-refractivity contribution < 1.29 is 4.79 Å². The van der Waals surface area contributed by atoms with Crippen molar-refractivity contribution in [1.82, 2.24) is 24.9 Å². The van der Waals surface area contributed by atoms with E-state index in [1.54, 1.807) is 30.2 Å². The number of aryl methyl sites for hydroxylation is 1. The molecule has 7 nitrogen and oxygen atoms in total. The summed E-state index contributed by atoms with van der Waals surface area (Å²) in [6.07, 6.45) is 7.44. The first kappa shape index (κ1) is 12.9. The van der Waals surface area contributed by atoms with Gasteiger partial charge >= 0.3 is 0 Å². The van der Waals surface area contributed by atoms with E-state index in [2.05, 4.69) is 20.8 Å². The fraction of sp³-hybridized carbons (Fsp3) is 0.462. The first-order valence-corrected chi connectivity index (χ1v) is 6.78. The minimum atomic E-state index is -0.213. The Kier molecular flexibility index (Phi) is 3.51. The molecule has 0 unspecified atom stereocenters. The molecule has 2 aromatic rings. The molecule has 106 valence electrons. The largest absolute Gasteiger partial charge is 0.318 e. The zero-order valence-corrected chi connectivity index (χ0v) is 11.4. The molecule has 2 aromatic heterocycles. The van der Waals surface area contributed by atoms with Gasteiger partial charge in [-0.05, 0) is 32.0 Å². The first-order chi connectivity index (χ1) is 9.72. The number of carbonyl (C=O) groups is 1.